The number of pyridine rings is 1. The smallest absolute Gasteiger partial charge is 0.228 e. The third-order valence-corrected chi connectivity index (χ3v) is 3.58. The number of carbonyl (C=O) groups is 1. The van der Waals surface area contributed by atoms with E-state index >= 15 is 0 Å². The van der Waals surface area contributed by atoms with Crippen LogP contribution in [-0.2, 0) is 16.0 Å². The minimum absolute atomic E-state index is 0.152. The third-order valence-electron chi connectivity index (χ3n) is 3.58. The van der Waals surface area contributed by atoms with Gasteiger partial charge in [-0.25, -0.2) is 0 Å². The summed E-state index contributed by atoms with van der Waals surface area (Å²) < 4.78 is 5.33. The molecule has 1 aromatic rings. The molecule has 1 fully saturated rings. The van der Waals surface area contributed by atoms with Crippen molar-refractivity contribution in [1.82, 2.24) is 14.8 Å². The van der Waals surface area contributed by atoms with Gasteiger partial charge in [0, 0.05) is 44.6 Å². The van der Waals surface area contributed by atoms with E-state index in [1.165, 1.54) is 0 Å². The molecule has 0 radical (unpaired) electrons. The fourth-order valence-corrected chi connectivity index (χ4v) is 2.32. The highest BCUT2D eigenvalue weighted by Crippen LogP contribution is 2.02. The van der Waals surface area contributed by atoms with Crippen molar-refractivity contribution in [2.75, 3.05) is 45.9 Å². The molecule has 0 atom stereocenters. The largest absolute Gasteiger partial charge is 0.379 e. The molecule has 0 N–H and O–H groups in total. The second-order valence-electron chi connectivity index (χ2n) is 4.93. The number of nitrogens with zero attached hydrogens (tertiary/aromatic N) is 3. The van der Waals surface area contributed by atoms with Crippen LogP contribution >= 0.6 is 0 Å². The summed E-state index contributed by atoms with van der Waals surface area (Å²) in [5.41, 5.74) is 0.835. The molecule has 0 unspecified atom stereocenters. The van der Waals surface area contributed by atoms with Crippen LogP contribution in [0.1, 0.15) is 12.6 Å². The minimum Gasteiger partial charge on any atom is -0.379 e. The summed E-state index contributed by atoms with van der Waals surface area (Å²) in [7, 11) is 0. The van der Waals surface area contributed by atoms with Gasteiger partial charge in [0.25, 0.3) is 0 Å². The average molecular weight is 277 g/mol. The van der Waals surface area contributed by atoms with E-state index in [9.17, 15) is 4.79 Å². The lowest BCUT2D eigenvalue weighted by atomic mass is 10.2. The number of amides is 1. The number of morpholine rings is 1. The van der Waals surface area contributed by atoms with E-state index in [4.69, 9.17) is 4.74 Å². The van der Waals surface area contributed by atoms with Gasteiger partial charge in [0.2, 0.25) is 5.91 Å². The molecule has 0 spiro atoms. The van der Waals surface area contributed by atoms with Crippen LogP contribution in [0.3, 0.4) is 0 Å². The van der Waals surface area contributed by atoms with Crippen LogP contribution in [0.4, 0.5) is 0 Å². The minimum atomic E-state index is 0.152. The molecule has 20 heavy (non-hydrogen) atoms. The molecule has 1 aromatic heterocycles. The van der Waals surface area contributed by atoms with E-state index in [1.807, 2.05) is 30.0 Å². The molecule has 110 valence electrons. The predicted octanol–water partition coefficient (Wildman–Crippen LogP) is 0.805. The van der Waals surface area contributed by atoms with Gasteiger partial charge in [-0.2, -0.15) is 0 Å². The number of ether oxygens (including phenoxy) is 1. The molecule has 1 saturated heterocycles. The van der Waals surface area contributed by atoms with Gasteiger partial charge >= 0.3 is 0 Å². The Morgan fingerprint density at radius 2 is 2.20 bits per heavy atom. The van der Waals surface area contributed by atoms with Crippen LogP contribution in [0.2, 0.25) is 0 Å². The second kappa shape index (κ2) is 7.97. The number of carbonyl (C=O) groups excluding carboxylic acids is 1. The van der Waals surface area contributed by atoms with Crippen LogP contribution in [-0.4, -0.2) is 66.6 Å². The Kier molecular flexibility index (Phi) is 5.95. The van der Waals surface area contributed by atoms with Crippen molar-refractivity contribution >= 4 is 5.91 Å². The number of hydrogen-bond donors (Lipinski definition) is 0. The van der Waals surface area contributed by atoms with Crippen LogP contribution in [0.25, 0.3) is 0 Å². The van der Waals surface area contributed by atoms with Crippen molar-refractivity contribution in [2.45, 2.75) is 13.3 Å². The molecular weight excluding hydrogens is 254 g/mol. The Morgan fingerprint density at radius 1 is 1.40 bits per heavy atom. The lowest BCUT2D eigenvalue weighted by molar-refractivity contribution is -0.130. The zero-order chi connectivity index (χ0) is 14.2. The normalized spacial score (nSPS) is 16.1. The van der Waals surface area contributed by atoms with Gasteiger partial charge in [0.15, 0.2) is 0 Å². The molecule has 2 rings (SSSR count). The highest BCUT2D eigenvalue weighted by molar-refractivity contribution is 5.78. The second-order valence-corrected chi connectivity index (χ2v) is 4.93. The van der Waals surface area contributed by atoms with Crippen molar-refractivity contribution in [3.8, 4) is 0 Å². The van der Waals surface area contributed by atoms with Gasteiger partial charge in [-0.3, -0.25) is 14.7 Å². The monoisotopic (exact) mass is 277 g/mol. The Hall–Kier alpha value is -1.46. The van der Waals surface area contributed by atoms with Gasteiger partial charge < -0.3 is 9.64 Å². The average Bonchev–Trinajstić information content (AvgIpc) is 2.50. The first-order valence-corrected chi connectivity index (χ1v) is 7.27. The van der Waals surface area contributed by atoms with E-state index in [1.54, 1.807) is 6.20 Å². The molecule has 5 nitrogen and oxygen atoms in total. The molecule has 0 aliphatic carbocycles. The molecule has 1 aliphatic heterocycles. The lowest BCUT2D eigenvalue weighted by Crippen LogP contribution is -2.43. The molecule has 2 heterocycles. The summed E-state index contributed by atoms with van der Waals surface area (Å²) in [5, 5.41) is 0. The van der Waals surface area contributed by atoms with Crippen molar-refractivity contribution in [2.24, 2.45) is 0 Å². The van der Waals surface area contributed by atoms with Crippen LogP contribution in [0.15, 0.2) is 24.4 Å². The lowest BCUT2D eigenvalue weighted by Gasteiger charge is -2.29. The first-order valence-electron chi connectivity index (χ1n) is 7.27. The molecule has 1 aliphatic rings. The Labute approximate surface area is 120 Å². The number of hydrogen-bond acceptors (Lipinski definition) is 4. The van der Waals surface area contributed by atoms with Crippen LogP contribution < -0.4 is 0 Å². The standard InChI is InChI=1S/C15H23N3O2/c1-2-18(8-7-17-9-11-20-12-10-17)15(19)13-14-5-3-4-6-16-14/h3-6H,2,7-13H2,1H3. The van der Waals surface area contributed by atoms with Crippen molar-refractivity contribution in [3.05, 3.63) is 30.1 Å². The van der Waals surface area contributed by atoms with Gasteiger partial charge in [-0.1, -0.05) is 6.07 Å². The molecule has 1 amide bonds. The predicted molar refractivity (Wildman–Crippen MR) is 77.5 cm³/mol. The summed E-state index contributed by atoms with van der Waals surface area (Å²) in [6, 6.07) is 5.68. The van der Waals surface area contributed by atoms with Crippen LogP contribution in [0, 0.1) is 0 Å². The van der Waals surface area contributed by atoms with Gasteiger partial charge in [0.1, 0.15) is 0 Å². The van der Waals surface area contributed by atoms with E-state index in [2.05, 4.69) is 9.88 Å². The SMILES string of the molecule is CCN(CCN1CCOCC1)C(=O)Cc1ccccn1. The van der Waals surface area contributed by atoms with Gasteiger partial charge in [-0.05, 0) is 19.1 Å². The third kappa shape index (κ3) is 4.58. The topological polar surface area (TPSA) is 45.7 Å². The zero-order valence-corrected chi connectivity index (χ0v) is 12.1. The van der Waals surface area contributed by atoms with Gasteiger partial charge in [-0.15, -0.1) is 0 Å². The summed E-state index contributed by atoms with van der Waals surface area (Å²) in [6.45, 7) is 8.00. The van der Waals surface area contributed by atoms with Gasteiger partial charge in [0.05, 0.1) is 19.6 Å². The summed E-state index contributed by atoms with van der Waals surface area (Å²) >= 11 is 0. The van der Waals surface area contributed by atoms with E-state index in [0.717, 1.165) is 51.6 Å². The Balaban J connectivity index is 1.79. The fourth-order valence-electron chi connectivity index (χ4n) is 2.32. The Bertz CT molecular complexity index is 405. The van der Waals surface area contributed by atoms with E-state index < -0.39 is 0 Å². The first-order chi connectivity index (χ1) is 9.79. The van der Waals surface area contributed by atoms with E-state index in [-0.39, 0.29) is 5.91 Å². The molecule has 5 heteroatoms. The highest BCUT2D eigenvalue weighted by atomic mass is 16.5. The molecule has 0 saturated carbocycles. The maximum atomic E-state index is 12.3. The summed E-state index contributed by atoms with van der Waals surface area (Å²) in [5.74, 6) is 0.152. The number of aromatic nitrogens is 1. The van der Waals surface area contributed by atoms with Crippen molar-refractivity contribution in [1.29, 1.82) is 0 Å². The first kappa shape index (κ1) is 14.9. The maximum Gasteiger partial charge on any atom is 0.228 e. The number of likely N-dealkylation sites (N-methyl/N-ethyl adjacent to an activating group) is 1. The quantitative estimate of drug-likeness (QED) is 0.772. The molecule has 0 aromatic carbocycles. The van der Waals surface area contributed by atoms with Crippen molar-refractivity contribution in [3.63, 3.8) is 0 Å². The summed E-state index contributed by atoms with van der Waals surface area (Å²) in [6.07, 6.45) is 2.12. The molecular formula is C15H23N3O2. The van der Waals surface area contributed by atoms with Crippen LogP contribution in [0.5, 0.6) is 0 Å². The Morgan fingerprint density at radius 3 is 2.85 bits per heavy atom. The zero-order valence-electron chi connectivity index (χ0n) is 12.1. The fraction of sp³-hybridized carbons (Fsp3) is 0.600. The number of rotatable bonds is 6. The van der Waals surface area contributed by atoms with Crippen molar-refractivity contribution < 1.29 is 9.53 Å². The maximum absolute atomic E-state index is 12.3. The molecule has 0 bridgehead atoms. The van der Waals surface area contributed by atoms with E-state index in [0.29, 0.717) is 6.42 Å². The summed E-state index contributed by atoms with van der Waals surface area (Å²) in [4.78, 5) is 20.7. The highest BCUT2D eigenvalue weighted by Gasteiger charge is 2.15.